The van der Waals surface area contributed by atoms with Crippen molar-refractivity contribution < 1.29 is 37.3 Å². The van der Waals surface area contributed by atoms with E-state index in [-0.39, 0.29) is 5.69 Å². The molecule has 0 aromatic heterocycles. The van der Waals surface area contributed by atoms with Crippen LogP contribution in [0.25, 0.3) is 0 Å². The number of esters is 1. The van der Waals surface area contributed by atoms with E-state index in [4.69, 9.17) is 0 Å². The lowest BCUT2D eigenvalue weighted by molar-refractivity contribution is -0.394. The normalized spacial score (nSPS) is 10.9. The Kier molecular flexibility index (Phi) is 6.11. The summed E-state index contributed by atoms with van der Waals surface area (Å²) >= 11 is 0. The number of nitro benzene ring substituents is 2. The Labute approximate surface area is 159 Å². The minimum atomic E-state index is -4.62. The van der Waals surface area contributed by atoms with Gasteiger partial charge in [0, 0.05) is 17.8 Å². The summed E-state index contributed by atoms with van der Waals surface area (Å²) < 4.78 is 42.6. The number of hydrogen-bond donors (Lipinski definition) is 1. The van der Waals surface area contributed by atoms with Crippen LogP contribution in [0.15, 0.2) is 42.5 Å². The molecular weight excluding hydrogens is 403 g/mol. The zero-order chi connectivity index (χ0) is 21.8. The van der Waals surface area contributed by atoms with Crippen LogP contribution < -0.4 is 5.32 Å². The van der Waals surface area contributed by atoms with Gasteiger partial charge in [-0.3, -0.25) is 25.0 Å². The Morgan fingerprint density at radius 1 is 1.00 bits per heavy atom. The van der Waals surface area contributed by atoms with E-state index in [1.54, 1.807) is 0 Å². The molecule has 1 amide bonds. The highest BCUT2D eigenvalue weighted by atomic mass is 19.4. The molecule has 10 nitrogen and oxygen atoms in total. The summed E-state index contributed by atoms with van der Waals surface area (Å²) in [6.45, 7) is -0.939. The summed E-state index contributed by atoms with van der Waals surface area (Å²) in [5.41, 5.74) is -3.22. The highest BCUT2D eigenvalue weighted by molar-refractivity contribution is 5.96. The Morgan fingerprint density at radius 2 is 1.59 bits per heavy atom. The van der Waals surface area contributed by atoms with Crippen LogP contribution in [0.2, 0.25) is 0 Å². The number of rotatable bonds is 6. The standard InChI is InChI=1S/C16H10F3N3O7/c17-16(18,19)10-2-1-3-11(6-10)20-14(23)8-29-15(24)9-4-12(21(25)26)7-13(5-9)22(27)28/h1-7H,8H2,(H,20,23). The van der Waals surface area contributed by atoms with Crippen LogP contribution in [0.1, 0.15) is 15.9 Å². The van der Waals surface area contributed by atoms with Gasteiger partial charge in [0.1, 0.15) is 0 Å². The Balaban J connectivity index is 2.06. The van der Waals surface area contributed by atoms with E-state index in [0.717, 1.165) is 24.3 Å². The molecule has 1 N–H and O–H groups in total. The second kappa shape index (κ2) is 8.33. The Morgan fingerprint density at radius 3 is 2.10 bits per heavy atom. The molecule has 13 heteroatoms. The Bertz CT molecular complexity index is 960. The number of benzene rings is 2. The molecule has 0 heterocycles. The molecule has 29 heavy (non-hydrogen) atoms. The third-order valence-corrected chi connectivity index (χ3v) is 3.37. The molecule has 0 saturated carbocycles. The van der Waals surface area contributed by atoms with Crippen molar-refractivity contribution in [2.45, 2.75) is 6.18 Å². The molecule has 0 unspecified atom stereocenters. The highest BCUT2D eigenvalue weighted by Gasteiger charge is 2.30. The minimum absolute atomic E-state index is 0.202. The smallest absolute Gasteiger partial charge is 0.416 e. The molecule has 0 radical (unpaired) electrons. The third kappa shape index (κ3) is 5.72. The zero-order valence-corrected chi connectivity index (χ0v) is 14.1. The van der Waals surface area contributed by atoms with Crippen LogP contribution in [-0.4, -0.2) is 28.3 Å². The molecule has 2 aromatic rings. The SMILES string of the molecule is O=C(COC(=O)c1cc([N+](=O)[O-])cc([N+](=O)[O-])c1)Nc1cccc(C(F)(F)F)c1. The average Bonchev–Trinajstić information content (AvgIpc) is 2.65. The van der Waals surface area contributed by atoms with Gasteiger partial charge in [-0.1, -0.05) is 6.07 Å². The monoisotopic (exact) mass is 413 g/mol. The summed E-state index contributed by atoms with van der Waals surface area (Å²) in [6, 6.07) is 5.79. The fraction of sp³-hybridized carbons (Fsp3) is 0.125. The van der Waals surface area contributed by atoms with E-state index in [9.17, 15) is 43.0 Å². The molecule has 0 aliphatic heterocycles. The molecule has 0 aliphatic carbocycles. The molecule has 2 rings (SSSR count). The number of carbonyl (C=O) groups excluding carboxylic acids is 2. The summed E-state index contributed by atoms with van der Waals surface area (Å²) in [5, 5.41) is 23.7. The first-order valence-electron chi connectivity index (χ1n) is 7.55. The van der Waals surface area contributed by atoms with Gasteiger partial charge >= 0.3 is 12.1 Å². The number of anilines is 1. The van der Waals surface area contributed by atoms with Crippen LogP contribution in [0.4, 0.5) is 30.2 Å². The number of halogens is 3. The van der Waals surface area contributed by atoms with E-state index >= 15 is 0 Å². The van der Waals surface area contributed by atoms with Crippen molar-refractivity contribution in [1.82, 2.24) is 0 Å². The van der Waals surface area contributed by atoms with Gasteiger partial charge in [-0.25, -0.2) is 4.79 Å². The second-order valence-corrected chi connectivity index (χ2v) is 5.46. The van der Waals surface area contributed by atoms with Crippen molar-refractivity contribution in [3.05, 3.63) is 73.8 Å². The fourth-order valence-corrected chi connectivity index (χ4v) is 2.11. The topological polar surface area (TPSA) is 142 Å². The first-order valence-corrected chi connectivity index (χ1v) is 7.55. The molecular formula is C16H10F3N3O7. The number of nitro groups is 2. The van der Waals surface area contributed by atoms with Crippen molar-refractivity contribution >= 4 is 28.9 Å². The second-order valence-electron chi connectivity index (χ2n) is 5.46. The van der Waals surface area contributed by atoms with Crippen molar-refractivity contribution in [2.75, 3.05) is 11.9 Å². The van der Waals surface area contributed by atoms with E-state index in [2.05, 4.69) is 10.1 Å². The highest BCUT2D eigenvalue weighted by Crippen LogP contribution is 2.30. The van der Waals surface area contributed by atoms with Crippen molar-refractivity contribution in [3.8, 4) is 0 Å². The number of nitrogens with one attached hydrogen (secondary N) is 1. The molecule has 0 saturated heterocycles. The number of amides is 1. The van der Waals surface area contributed by atoms with Crippen LogP contribution in [0.5, 0.6) is 0 Å². The number of ether oxygens (including phenoxy) is 1. The summed E-state index contributed by atoms with van der Waals surface area (Å²) in [5.74, 6) is -2.26. The first-order chi connectivity index (χ1) is 13.5. The fourth-order valence-electron chi connectivity index (χ4n) is 2.11. The van der Waals surface area contributed by atoms with E-state index in [1.165, 1.54) is 6.07 Å². The molecule has 0 fully saturated rings. The largest absolute Gasteiger partial charge is 0.452 e. The molecule has 152 valence electrons. The first kappa shape index (κ1) is 21.3. The van der Waals surface area contributed by atoms with Crippen LogP contribution in [-0.2, 0) is 15.7 Å². The van der Waals surface area contributed by atoms with E-state index in [1.807, 2.05) is 0 Å². The number of non-ortho nitro benzene ring substituents is 2. The van der Waals surface area contributed by atoms with Gasteiger partial charge in [-0.2, -0.15) is 13.2 Å². The maximum Gasteiger partial charge on any atom is 0.416 e. The number of hydrogen-bond acceptors (Lipinski definition) is 7. The average molecular weight is 413 g/mol. The molecule has 0 bridgehead atoms. The van der Waals surface area contributed by atoms with Gasteiger partial charge < -0.3 is 10.1 Å². The maximum atomic E-state index is 12.6. The summed E-state index contributed by atoms with van der Waals surface area (Å²) in [6.07, 6.45) is -4.62. The predicted octanol–water partition coefficient (Wildman–Crippen LogP) is 3.32. The third-order valence-electron chi connectivity index (χ3n) is 3.37. The van der Waals surface area contributed by atoms with Crippen molar-refractivity contribution in [3.63, 3.8) is 0 Å². The summed E-state index contributed by atoms with van der Waals surface area (Å²) in [7, 11) is 0. The van der Waals surface area contributed by atoms with Gasteiger partial charge in [0.2, 0.25) is 0 Å². The molecule has 2 aromatic carbocycles. The minimum Gasteiger partial charge on any atom is -0.452 e. The molecule has 0 atom stereocenters. The van der Waals surface area contributed by atoms with Crippen molar-refractivity contribution in [2.24, 2.45) is 0 Å². The van der Waals surface area contributed by atoms with Gasteiger partial charge in [-0.05, 0) is 18.2 Å². The van der Waals surface area contributed by atoms with Crippen molar-refractivity contribution in [1.29, 1.82) is 0 Å². The predicted molar refractivity (Wildman–Crippen MR) is 90.1 cm³/mol. The molecule has 0 aliphatic rings. The van der Waals surface area contributed by atoms with Gasteiger partial charge in [-0.15, -0.1) is 0 Å². The van der Waals surface area contributed by atoms with Gasteiger partial charge in [0.15, 0.2) is 6.61 Å². The zero-order valence-electron chi connectivity index (χ0n) is 14.1. The van der Waals surface area contributed by atoms with Gasteiger partial charge in [0.05, 0.1) is 27.0 Å². The number of alkyl halides is 3. The lowest BCUT2D eigenvalue weighted by atomic mass is 10.2. The lowest BCUT2D eigenvalue weighted by Gasteiger charge is -2.10. The summed E-state index contributed by atoms with van der Waals surface area (Å²) in [4.78, 5) is 43.4. The van der Waals surface area contributed by atoms with Crippen LogP contribution in [0.3, 0.4) is 0 Å². The van der Waals surface area contributed by atoms with Crippen LogP contribution in [0, 0.1) is 20.2 Å². The van der Waals surface area contributed by atoms with E-state index in [0.29, 0.717) is 12.1 Å². The quantitative estimate of drug-likeness (QED) is 0.435. The van der Waals surface area contributed by atoms with Gasteiger partial charge in [0.25, 0.3) is 17.3 Å². The van der Waals surface area contributed by atoms with E-state index < -0.39 is 57.0 Å². The number of nitrogens with zero attached hydrogens (tertiary/aromatic N) is 2. The number of carbonyl (C=O) groups is 2. The lowest BCUT2D eigenvalue weighted by Crippen LogP contribution is -2.21. The van der Waals surface area contributed by atoms with Crippen LogP contribution >= 0.6 is 0 Å². The maximum absolute atomic E-state index is 12.6. The Hall–Kier alpha value is -4.03. The molecule has 0 spiro atoms.